The van der Waals surface area contributed by atoms with Crippen molar-refractivity contribution < 1.29 is 9.53 Å². The fourth-order valence-corrected chi connectivity index (χ4v) is 6.93. The molecule has 1 saturated carbocycles. The highest BCUT2D eigenvalue weighted by Crippen LogP contribution is 2.69. The van der Waals surface area contributed by atoms with Gasteiger partial charge in [0.1, 0.15) is 6.10 Å². The maximum absolute atomic E-state index is 13.1. The Bertz CT molecular complexity index is 1210. The fraction of sp³-hybridized carbons (Fsp3) is 0.357. The molecule has 2 saturated heterocycles. The van der Waals surface area contributed by atoms with Gasteiger partial charge in [0.25, 0.3) is 0 Å². The standard InChI is InChI=1S/C28H28N2O2.2ClH/c1-3-27(2)18-28-17-23(30(28)16-14-24(27)28)25(32-26(31)19-9-5-4-6-10-19)21-13-15-29-22-12-8-7-11-20(21)22;;/h3-13,15,23-25H,1,14,16-18H2,2H3;2*1H. The van der Waals surface area contributed by atoms with Gasteiger partial charge in [0, 0.05) is 22.7 Å². The zero-order valence-electron chi connectivity index (χ0n) is 19.2. The Morgan fingerprint density at radius 2 is 1.88 bits per heavy atom. The lowest BCUT2D eigenvalue weighted by atomic mass is 9.46. The molecule has 3 heterocycles. The number of pyridine rings is 1. The quantitative estimate of drug-likeness (QED) is 0.302. The maximum Gasteiger partial charge on any atom is 0.338 e. The lowest BCUT2D eigenvalue weighted by Gasteiger charge is -2.69. The molecule has 0 bridgehead atoms. The third-order valence-electron chi connectivity index (χ3n) is 8.37. The minimum absolute atomic E-state index is 0. The molecular formula is C28H30Cl2N2O2. The third kappa shape index (κ3) is 3.46. The summed E-state index contributed by atoms with van der Waals surface area (Å²) in [5.41, 5.74) is 3.07. The Hall–Kier alpha value is -2.40. The number of nitrogens with zero attached hydrogens (tertiary/aromatic N) is 2. The van der Waals surface area contributed by atoms with Gasteiger partial charge in [-0.15, -0.1) is 31.4 Å². The molecule has 2 aliphatic heterocycles. The van der Waals surface area contributed by atoms with E-state index in [9.17, 15) is 4.79 Å². The molecule has 3 fully saturated rings. The number of carbonyl (C=O) groups excluding carboxylic acids is 1. The molecule has 0 amide bonds. The molecule has 5 unspecified atom stereocenters. The number of para-hydroxylation sites is 1. The molecule has 34 heavy (non-hydrogen) atoms. The zero-order chi connectivity index (χ0) is 21.9. The van der Waals surface area contributed by atoms with Gasteiger partial charge in [-0.1, -0.05) is 49.4 Å². The number of ether oxygens (including phenoxy) is 1. The Kier molecular flexibility index (Phi) is 6.54. The van der Waals surface area contributed by atoms with Crippen LogP contribution in [0.5, 0.6) is 0 Å². The first kappa shape index (κ1) is 24.7. The molecule has 0 radical (unpaired) electrons. The predicted octanol–water partition coefficient (Wildman–Crippen LogP) is 6.41. The van der Waals surface area contributed by atoms with Gasteiger partial charge >= 0.3 is 5.97 Å². The van der Waals surface area contributed by atoms with Gasteiger partial charge in [0.15, 0.2) is 0 Å². The van der Waals surface area contributed by atoms with Gasteiger partial charge in [0.2, 0.25) is 0 Å². The lowest BCUT2D eigenvalue weighted by Crippen LogP contribution is -2.74. The van der Waals surface area contributed by atoms with Crippen LogP contribution < -0.4 is 0 Å². The maximum atomic E-state index is 13.1. The van der Waals surface area contributed by atoms with Crippen LogP contribution >= 0.6 is 24.8 Å². The van der Waals surface area contributed by atoms with E-state index >= 15 is 0 Å². The molecular weight excluding hydrogens is 467 g/mol. The molecule has 1 aromatic heterocycles. The average molecular weight is 497 g/mol. The number of fused-ring (bicyclic) bond motifs is 1. The van der Waals surface area contributed by atoms with Gasteiger partial charge in [-0.05, 0) is 61.4 Å². The normalized spacial score (nSPS) is 29.8. The highest BCUT2D eigenvalue weighted by atomic mass is 35.5. The van der Waals surface area contributed by atoms with Crippen molar-refractivity contribution in [3.05, 3.63) is 90.6 Å². The fourth-order valence-electron chi connectivity index (χ4n) is 6.93. The first-order valence-electron chi connectivity index (χ1n) is 11.6. The number of halogens is 2. The second-order valence-electron chi connectivity index (χ2n) is 9.91. The second kappa shape index (κ2) is 8.99. The molecule has 6 rings (SSSR count). The van der Waals surface area contributed by atoms with Crippen molar-refractivity contribution in [2.24, 2.45) is 11.3 Å². The molecule has 3 aromatic rings. The average Bonchev–Trinajstić information content (AvgIpc) is 3.06. The van der Waals surface area contributed by atoms with E-state index in [0.717, 1.165) is 35.9 Å². The van der Waals surface area contributed by atoms with Crippen molar-refractivity contribution in [3.63, 3.8) is 0 Å². The summed E-state index contributed by atoms with van der Waals surface area (Å²) in [6.07, 6.45) is 7.07. The van der Waals surface area contributed by atoms with E-state index in [1.54, 1.807) is 0 Å². The molecule has 5 atom stereocenters. The van der Waals surface area contributed by atoms with Crippen molar-refractivity contribution in [3.8, 4) is 0 Å². The van der Waals surface area contributed by atoms with Crippen molar-refractivity contribution in [2.45, 2.75) is 43.9 Å². The summed E-state index contributed by atoms with van der Waals surface area (Å²) >= 11 is 0. The van der Waals surface area contributed by atoms with Crippen LogP contribution in [-0.4, -0.2) is 34.0 Å². The van der Waals surface area contributed by atoms with Crippen molar-refractivity contribution in [2.75, 3.05) is 6.54 Å². The van der Waals surface area contributed by atoms with Crippen LogP contribution in [0.2, 0.25) is 0 Å². The topological polar surface area (TPSA) is 42.4 Å². The van der Waals surface area contributed by atoms with Crippen LogP contribution in [0, 0.1) is 11.3 Å². The highest BCUT2D eigenvalue weighted by molar-refractivity contribution is 5.90. The minimum Gasteiger partial charge on any atom is -0.452 e. The summed E-state index contributed by atoms with van der Waals surface area (Å²) in [7, 11) is 0. The van der Waals surface area contributed by atoms with Crippen LogP contribution in [0.25, 0.3) is 10.9 Å². The summed E-state index contributed by atoms with van der Waals surface area (Å²) in [4.78, 5) is 20.3. The predicted molar refractivity (Wildman–Crippen MR) is 140 cm³/mol. The Morgan fingerprint density at radius 1 is 1.15 bits per heavy atom. The summed E-state index contributed by atoms with van der Waals surface area (Å²) in [6.45, 7) is 7.51. The summed E-state index contributed by atoms with van der Waals surface area (Å²) in [5.74, 6) is 0.390. The van der Waals surface area contributed by atoms with Gasteiger partial charge in [0.05, 0.1) is 17.1 Å². The Morgan fingerprint density at radius 3 is 2.65 bits per heavy atom. The van der Waals surface area contributed by atoms with Crippen LogP contribution in [0.1, 0.15) is 48.2 Å². The number of hydrogen-bond donors (Lipinski definition) is 0. The second-order valence-corrected chi connectivity index (χ2v) is 9.91. The van der Waals surface area contributed by atoms with E-state index in [1.165, 1.54) is 6.42 Å². The van der Waals surface area contributed by atoms with Crippen molar-refractivity contribution in [1.29, 1.82) is 0 Å². The Labute approximate surface area is 213 Å². The van der Waals surface area contributed by atoms with Gasteiger partial charge in [-0.25, -0.2) is 4.79 Å². The van der Waals surface area contributed by atoms with E-state index < -0.39 is 0 Å². The van der Waals surface area contributed by atoms with Gasteiger partial charge in [-0.2, -0.15) is 0 Å². The van der Waals surface area contributed by atoms with Crippen LogP contribution in [0.4, 0.5) is 0 Å². The summed E-state index contributed by atoms with van der Waals surface area (Å²) in [6, 6.07) is 19.6. The third-order valence-corrected chi connectivity index (χ3v) is 8.37. The Balaban J connectivity index is 0.00000137. The van der Waals surface area contributed by atoms with E-state index in [1.807, 2.05) is 60.8 Å². The molecule has 0 N–H and O–H groups in total. The van der Waals surface area contributed by atoms with E-state index in [-0.39, 0.29) is 53.9 Å². The summed E-state index contributed by atoms with van der Waals surface area (Å²) < 4.78 is 6.30. The first-order valence-corrected chi connectivity index (χ1v) is 11.6. The molecule has 6 heteroatoms. The molecule has 3 aliphatic rings. The highest BCUT2D eigenvalue weighted by Gasteiger charge is 2.72. The SMILES string of the molecule is C=CC1(C)CC23CC(C(OC(=O)c4ccccc4)c4ccnc5ccccc45)N2CCC13.Cl.Cl. The van der Waals surface area contributed by atoms with Crippen molar-refractivity contribution >= 4 is 41.7 Å². The zero-order valence-corrected chi connectivity index (χ0v) is 20.9. The van der Waals surface area contributed by atoms with E-state index in [2.05, 4.69) is 35.5 Å². The number of allylic oxidation sites excluding steroid dienone is 1. The smallest absolute Gasteiger partial charge is 0.338 e. The molecule has 1 spiro atoms. The molecule has 178 valence electrons. The number of esters is 1. The molecule has 1 aliphatic carbocycles. The van der Waals surface area contributed by atoms with Crippen molar-refractivity contribution in [1.82, 2.24) is 9.88 Å². The van der Waals surface area contributed by atoms with E-state index in [4.69, 9.17) is 4.74 Å². The number of hydrogen-bond acceptors (Lipinski definition) is 4. The monoisotopic (exact) mass is 496 g/mol. The first-order chi connectivity index (χ1) is 15.6. The largest absolute Gasteiger partial charge is 0.452 e. The van der Waals surface area contributed by atoms with E-state index in [0.29, 0.717) is 11.5 Å². The molecule has 4 nitrogen and oxygen atoms in total. The van der Waals surface area contributed by atoms with Gasteiger partial charge in [-0.3, -0.25) is 9.88 Å². The number of benzene rings is 2. The minimum atomic E-state index is -0.324. The van der Waals surface area contributed by atoms with Crippen LogP contribution in [0.3, 0.4) is 0 Å². The summed E-state index contributed by atoms with van der Waals surface area (Å²) in [5, 5.41) is 1.06. The van der Waals surface area contributed by atoms with Gasteiger partial charge < -0.3 is 4.74 Å². The number of rotatable bonds is 5. The lowest BCUT2D eigenvalue weighted by molar-refractivity contribution is -0.193. The number of carbonyl (C=O) groups is 1. The van der Waals surface area contributed by atoms with Crippen LogP contribution in [0.15, 0.2) is 79.5 Å². The number of aromatic nitrogens is 1. The van der Waals surface area contributed by atoms with Crippen LogP contribution in [-0.2, 0) is 4.74 Å². The molecule has 2 aromatic carbocycles.